The van der Waals surface area contributed by atoms with Gasteiger partial charge in [-0.15, -0.1) is 0 Å². The van der Waals surface area contributed by atoms with Crippen LogP contribution in [0.3, 0.4) is 0 Å². The number of benzene rings is 2. The second kappa shape index (κ2) is 8.18. The summed E-state index contributed by atoms with van der Waals surface area (Å²) in [5.41, 5.74) is 0.944. The smallest absolute Gasteiger partial charge is 0.280 e. The molecule has 0 aliphatic carbocycles. The maximum Gasteiger partial charge on any atom is 0.280 e. The predicted molar refractivity (Wildman–Crippen MR) is 98.7 cm³/mol. The van der Waals surface area contributed by atoms with E-state index in [1.807, 2.05) is 6.92 Å². The summed E-state index contributed by atoms with van der Waals surface area (Å²) in [7, 11) is 0. The number of halogens is 3. The molecule has 0 atom stereocenters. The van der Waals surface area contributed by atoms with E-state index in [9.17, 15) is 13.6 Å². The Bertz CT molecular complexity index is 958. The zero-order valence-electron chi connectivity index (χ0n) is 14.4. The minimum atomic E-state index is -0.581. The van der Waals surface area contributed by atoms with Crippen LogP contribution in [-0.2, 0) is 0 Å². The number of amides is 1. The van der Waals surface area contributed by atoms with Crippen molar-refractivity contribution in [2.45, 2.75) is 13.3 Å². The molecule has 5 nitrogen and oxygen atoms in total. The Morgan fingerprint density at radius 3 is 2.63 bits per heavy atom. The number of hydrogen-bond acceptors (Lipinski definition) is 3. The van der Waals surface area contributed by atoms with Gasteiger partial charge >= 0.3 is 0 Å². The number of rotatable bonds is 6. The van der Waals surface area contributed by atoms with E-state index in [-0.39, 0.29) is 22.3 Å². The molecule has 0 saturated carbocycles. The molecule has 0 aliphatic heterocycles. The minimum Gasteiger partial charge on any atom is -0.489 e. The normalized spacial score (nSPS) is 10.7. The summed E-state index contributed by atoms with van der Waals surface area (Å²) < 4.78 is 33.4. The summed E-state index contributed by atoms with van der Waals surface area (Å²) >= 11 is 5.74. The molecule has 3 rings (SSSR count). The Hall–Kier alpha value is -2.93. The van der Waals surface area contributed by atoms with Gasteiger partial charge in [-0.25, -0.2) is 13.5 Å². The summed E-state index contributed by atoms with van der Waals surface area (Å²) in [4.78, 5) is 12.6. The van der Waals surface area contributed by atoms with Crippen LogP contribution in [0.4, 0.5) is 14.5 Å². The van der Waals surface area contributed by atoms with Crippen LogP contribution in [0.25, 0.3) is 5.69 Å². The second-order valence-electron chi connectivity index (χ2n) is 5.69. The van der Waals surface area contributed by atoms with Crippen LogP contribution < -0.4 is 10.1 Å². The first kappa shape index (κ1) is 18.8. The van der Waals surface area contributed by atoms with Gasteiger partial charge in [-0.3, -0.25) is 4.79 Å². The Labute approximate surface area is 159 Å². The first-order chi connectivity index (χ1) is 13.0. The highest BCUT2D eigenvalue weighted by atomic mass is 35.5. The van der Waals surface area contributed by atoms with Gasteiger partial charge in [0, 0.05) is 5.69 Å². The minimum absolute atomic E-state index is 0.0493. The van der Waals surface area contributed by atoms with Crippen molar-refractivity contribution in [1.82, 2.24) is 9.78 Å². The zero-order valence-corrected chi connectivity index (χ0v) is 15.1. The van der Waals surface area contributed by atoms with Gasteiger partial charge in [0.2, 0.25) is 0 Å². The molecule has 1 amide bonds. The van der Waals surface area contributed by atoms with Crippen LogP contribution in [0.2, 0.25) is 5.02 Å². The molecular weight excluding hydrogens is 376 g/mol. The first-order valence-electron chi connectivity index (χ1n) is 8.22. The monoisotopic (exact) mass is 391 g/mol. The molecule has 1 aromatic heterocycles. The fourth-order valence-corrected chi connectivity index (χ4v) is 2.50. The second-order valence-corrected chi connectivity index (χ2v) is 6.10. The summed E-state index contributed by atoms with van der Waals surface area (Å²) in [6.45, 7) is 2.34. The zero-order chi connectivity index (χ0) is 19.4. The Morgan fingerprint density at radius 1 is 1.22 bits per heavy atom. The first-order valence-corrected chi connectivity index (χ1v) is 8.60. The molecule has 0 radical (unpaired) electrons. The highest BCUT2D eigenvalue weighted by Crippen LogP contribution is 2.24. The van der Waals surface area contributed by atoms with Crippen LogP contribution in [0.15, 0.2) is 48.7 Å². The fraction of sp³-hybridized carbons (Fsp3) is 0.158. The molecule has 0 fully saturated rings. The Morgan fingerprint density at radius 2 is 1.96 bits per heavy atom. The van der Waals surface area contributed by atoms with Crippen molar-refractivity contribution in [3.05, 3.63) is 71.0 Å². The molecular formula is C19H16ClF2N3O2. The summed E-state index contributed by atoms with van der Waals surface area (Å²) in [6.07, 6.45) is 2.30. The van der Waals surface area contributed by atoms with Gasteiger partial charge < -0.3 is 10.1 Å². The molecule has 0 bridgehead atoms. The molecule has 1 heterocycles. The molecule has 0 saturated heterocycles. The Kier molecular flexibility index (Phi) is 5.71. The van der Waals surface area contributed by atoms with Gasteiger partial charge in [-0.2, -0.15) is 5.10 Å². The SMILES string of the molecule is CCCOc1cn(-c2ccc(F)cc2)nc1C(=O)Nc1ccc(F)c(Cl)c1. The quantitative estimate of drug-likeness (QED) is 0.653. The van der Waals surface area contributed by atoms with Crippen molar-refractivity contribution in [2.75, 3.05) is 11.9 Å². The number of aromatic nitrogens is 2. The van der Waals surface area contributed by atoms with Crippen LogP contribution in [0, 0.1) is 11.6 Å². The van der Waals surface area contributed by atoms with Crippen LogP contribution in [-0.4, -0.2) is 22.3 Å². The topological polar surface area (TPSA) is 56.2 Å². The number of carbonyl (C=O) groups excluding carboxylic acids is 1. The van der Waals surface area contributed by atoms with E-state index in [0.717, 1.165) is 12.5 Å². The molecule has 140 valence electrons. The van der Waals surface area contributed by atoms with Gasteiger partial charge in [0.05, 0.1) is 23.5 Å². The molecule has 0 aliphatic rings. The van der Waals surface area contributed by atoms with Gasteiger partial charge in [0.15, 0.2) is 11.4 Å². The van der Waals surface area contributed by atoms with Crippen molar-refractivity contribution in [1.29, 1.82) is 0 Å². The lowest BCUT2D eigenvalue weighted by molar-refractivity contribution is 0.101. The van der Waals surface area contributed by atoms with Gasteiger partial charge in [0.1, 0.15) is 11.6 Å². The molecule has 1 N–H and O–H groups in total. The van der Waals surface area contributed by atoms with E-state index in [2.05, 4.69) is 10.4 Å². The lowest BCUT2D eigenvalue weighted by Crippen LogP contribution is -2.14. The van der Waals surface area contributed by atoms with Gasteiger partial charge in [0.25, 0.3) is 5.91 Å². The number of nitrogens with zero attached hydrogens (tertiary/aromatic N) is 2. The van der Waals surface area contributed by atoms with Gasteiger partial charge in [-0.1, -0.05) is 18.5 Å². The van der Waals surface area contributed by atoms with Crippen LogP contribution in [0.5, 0.6) is 5.75 Å². The maximum atomic E-state index is 13.3. The number of ether oxygens (including phenoxy) is 1. The summed E-state index contributed by atoms with van der Waals surface area (Å²) in [6, 6.07) is 9.51. The van der Waals surface area contributed by atoms with Crippen molar-refractivity contribution >= 4 is 23.2 Å². The summed E-state index contributed by atoms with van der Waals surface area (Å²) in [5.74, 6) is -1.21. The highest BCUT2D eigenvalue weighted by Gasteiger charge is 2.19. The van der Waals surface area contributed by atoms with Crippen molar-refractivity contribution in [3.8, 4) is 11.4 Å². The van der Waals surface area contributed by atoms with Crippen molar-refractivity contribution in [2.24, 2.45) is 0 Å². The molecule has 0 unspecified atom stereocenters. The van der Waals surface area contributed by atoms with Crippen LogP contribution in [0.1, 0.15) is 23.8 Å². The van der Waals surface area contributed by atoms with E-state index >= 15 is 0 Å². The third-order valence-electron chi connectivity index (χ3n) is 3.63. The number of hydrogen-bond donors (Lipinski definition) is 1. The van der Waals surface area contributed by atoms with E-state index in [1.54, 1.807) is 6.20 Å². The standard InChI is InChI=1S/C19H16ClF2N3O2/c1-2-9-27-17-11-25(14-6-3-12(21)4-7-14)24-18(17)19(26)23-13-5-8-16(22)15(20)10-13/h3-8,10-11H,2,9H2,1H3,(H,23,26). The lowest BCUT2D eigenvalue weighted by Gasteiger charge is -2.06. The van der Waals surface area contributed by atoms with Gasteiger partial charge in [-0.05, 0) is 48.9 Å². The van der Waals surface area contributed by atoms with E-state index in [4.69, 9.17) is 16.3 Å². The highest BCUT2D eigenvalue weighted by molar-refractivity contribution is 6.31. The predicted octanol–water partition coefficient (Wildman–Crippen LogP) is 4.85. The van der Waals surface area contributed by atoms with E-state index in [1.165, 1.54) is 41.1 Å². The Balaban J connectivity index is 1.90. The average molecular weight is 392 g/mol. The maximum absolute atomic E-state index is 13.3. The summed E-state index contributed by atoms with van der Waals surface area (Å²) in [5, 5.41) is 6.76. The number of carbonyl (C=O) groups is 1. The average Bonchev–Trinajstić information content (AvgIpc) is 3.08. The fourth-order valence-electron chi connectivity index (χ4n) is 2.32. The largest absolute Gasteiger partial charge is 0.489 e. The van der Waals surface area contributed by atoms with Crippen molar-refractivity contribution in [3.63, 3.8) is 0 Å². The third-order valence-corrected chi connectivity index (χ3v) is 3.92. The molecule has 3 aromatic rings. The number of nitrogens with one attached hydrogen (secondary N) is 1. The third kappa shape index (κ3) is 4.43. The van der Waals surface area contributed by atoms with E-state index < -0.39 is 11.7 Å². The number of anilines is 1. The molecule has 8 heteroatoms. The molecule has 0 spiro atoms. The molecule has 27 heavy (non-hydrogen) atoms. The van der Waals surface area contributed by atoms with Crippen molar-refractivity contribution < 1.29 is 18.3 Å². The lowest BCUT2D eigenvalue weighted by atomic mass is 10.3. The van der Waals surface area contributed by atoms with E-state index in [0.29, 0.717) is 18.0 Å². The molecule has 2 aromatic carbocycles. The van der Waals surface area contributed by atoms with Crippen LogP contribution >= 0.6 is 11.6 Å².